The Labute approximate surface area is 109 Å². The van der Waals surface area contributed by atoms with Gasteiger partial charge >= 0.3 is 5.97 Å². The highest BCUT2D eigenvalue weighted by molar-refractivity contribution is 5.92. The first kappa shape index (κ1) is 13.3. The first-order chi connectivity index (χ1) is 9.08. The van der Waals surface area contributed by atoms with Crippen molar-refractivity contribution in [3.05, 3.63) is 41.1 Å². The third-order valence-corrected chi connectivity index (χ3v) is 2.95. The summed E-state index contributed by atoms with van der Waals surface area (Å²) in [5.41, 5.74) is 0.794. The molecule has 0 unspecified atom stereocenters. The maximum Gasteiger partial charge on any atom is 0.339 e. The fourth-order valence-electron chi connectivity index (χ4n) is 2.12. The van der Waals surface area contributed by atoms with Gasteiger partial charge in [0.05, 0.1) is 10.9 Å². The molecular weight excluding hydrogens is 247 g/mol. The van der Waals surface area contributed by atoms with Crippen LogP contribution in [-0.4, -0.2) is 22.2 Å². The third kappa shape index (κ3) is 2.36. The number of fused-ring (bicyclic) bond motifs is 1. The number of pyridine rings is 1. The highest BCUT2D eigenvalue weighted by atomic mass is 19.1. The van der Waals surface area contributed by atoms with Gasteiger partial charge in [0.1, 0.15) is 11.4 Å². The standard InChI is InChI=1S/C14H15FN2O2/c1-3-16-13-10-6-5-9(15)7-12(10)17(4-2)8-11(13)14(18)19/h5-8H,3-4H2,1-2H3,(H,18,19). The predicted octanol–water partition coefficient (Wildman–Crippen LogP) is 2.42. The highest BCUT2D eigenvalue weighted by Crippen LogP contribution is 2.14. The molecule has 0 aliphatic carbocycles. The van der Waals surface area contributed by atoms with Gasteiger partial charge in [-0.1, -0.05) is 0 Å². The Hall–Kier alpha value is -2.17. The Balaban J connectivity index is 2.99. The Morgan fingerprint density at radius 3 is 2.74 bits per heavy atom. The van der Waals surface area contributed by atoms with E-state index in [2.05, 4.69) is 4.99 Å². The van der Waals surface area contributed by atoms with Gasteiger partial charge < -0.3 is 9.67 Å². The molecule has 2 rings (SSSR count). The molecule has 0 fully saturated rings. The molecule has 1 heterocycles. The maximum atomic E-state index is 13.4. The van der Waals surface area contributed by atoms with Crippen molar-refractivity contribution in [2.24, 2.45) is 4.99 Å². The molecule has 0 amide bonds. The molecule has 0 aliphatic rings. The summed E-state index contributed by atoms with van der Waals surface area (Å²) in [6.07, 6.45) is 1.51. The van der Waals surface area contributed by atoms with E-state index in [1.807, 2.05) is 13.8 Å². The minimum absolute atomic E-state index is 0.141. The summed E-state index contributed by atoms with van der Waals surface area (Å²) in [5.74, 6) is -1.37. The number of halogens is 1. The zero-order chi connectivity index (χ0) is 14.0. The van der Waals surface area contributed by atoms with Crippen LogP contribution in [0.25, 0.3) is 10.9 Å². The molecular formula is C14H15FN2O2. The average Bonchev–Trinajstić information content (AvgIpc) is 2.38. The van der Waals surface area contributed by atoms with Crippen molar-refractivity contribution in [2.75, 3.05) is 6.54 Å². The monoisotopic (exact) mass is 262 g/mol. The molecule has 0 aliphatic heterocycles. The van der Waals surface area contributed by atoms with Gasteiger partial charge in [-0.25, -0.2) is 9.18 Å². The number of hydrogen-bond donors (Lipinski definition) is 1. The number of hydrogen-bond acceptors (Lipinski definition) is 2. The van der Waals surface area contributed by atoms with E-state index in [1.54, 1.807) is 10.6 Å². The number of aromatic nitrogens is 1. The van der Waals surface area contributed by atoms with Gasteiger partial charge in [-0.2, -0.15) is 0 Å². The lowest BCUT2D eigenvalue weighted by Crippen LogP contribution is -2.20. The van der Waals surface area contributed by atoms with Gasteiger partial charge in [0.25, 0.3) is 0 Å². The summed E-state index contributed by atoms with van der Waals surface area (Å²) in [6.45, 7) is 4.75. The van der Waals surface area contributed by atoms with E-state index in [0.717, 1.165) is 0 Å². The predicted molar refractivity (Wildman–Crippen MR) is 70.6 cm³/mol. The summed E-state index contributed by atoms with van der Waals surface area (Å²) in [6, 6.07) is 4.31. The number of carboxylic acids is 1. The lowest BCUT2D eigenvalue weighted by atomic mass is 10.1. The van der Waals surface area contributed by atoms with Crippen molar-refractivity contribution in [3.63, 3.8) is 0 Å². The Morgan fingerprint density at radius 2 is 2.16 bits per heavy atom. The van der Waals surface area contributed by atoms with Crippen LogP contribution in [0.5, 0.6) is 0 Å². The van der Waals surface area contributed by atoms with Crippen LogP contribution >= 0.6 is 0 Å². The smallest absolute Gasteiger partial charge is 0.339 e. The largest absolute Gasteiger partial charge is 0.478 e. The number of carboxylic acid groups (broad SMARTS) is 1. The zero-order valence-corrected chi connectivity index (χ0v) is 10.9. The van der Waals surface area contributed by atoms with Crippen molar-refractivity contribution in [1.29, 1.82) is 0 Å². The number of benzene rings is 1. The van der Waals surface area contributed by atoms with E-state index in [9.17, 15) is 14.3 Å². The van der Waals surface area contributed by atoms with Crippen molar-refractivity contribution in [3.8, 4) is 0 Å². The Morgan fingerprint density at radius 1 is 1.42 bits per heavy atom. The van der Waals surface area contributed by atoms with Crippen molar-refractivity contribution >= 4 is 16.9 Å². The van der Waals surface area contributed by atoms with Gasteiger partial charge in [0.2, 0.25) is 0 Å². The van der Waals surface area contributed by atoms with Gasteiger partial charge in [-0.3, -0.25) is 4.99 Å². The molecule has 19 heavy (non-hydrogen) atoms. The van der Waals surface area contributed by atoms with Crippen molar-refractivity contribution in [1.82, 2.24) is 4.57 Å². The second kappa shape index (κ2) is 5.22. The SMILES string of the molecule is CCN=c1c(C(=O)O)cn(CC)c2cc(F)ccc12. The lowest BCUT2D eigenvalue weighted by molar-refractivity contribution is 0.0694. The summed E-state index contributed by atoms with van der Waals surface area (Å²) in [5, 5.41) is 10.3. The Bertz CT molecular complexity index is 704. The molecule has 4 nitrogen and oxygen atoms in total. The molecule has 0 radical (unpaired) electrons. The zero-order valence-electron chi connectivity index (χ0n) is 10.9. The number of nitrogens with zero attached hydrogens (tertiary/aromatic N) is 2. The van der Waals surface area contributed by atoms with Gasteiger partial charge in [0.15, 0.2) is 0 Å². The molecule has 0 bridgehead atoms. The first-order valence-corrected chi connectivity index (χ1v) is 6.15. The topological polar surface area (TPSA) is 54.6 Å². The molecule has 5 heteroatoms. The molecule has 0 atom stereocenters. The van der Waals surface area contributed by atoms with Crippen LogP contribution in [0, 0.1) is 5.82 Å². The molecule has 1 aromatic heterocycles. The number of aryl methyl sites for hydroxylation is 1. The van der Waals surface area contributed by atoms with Crippen LogP contribution in [0.3, 0.4) is 0 Å². The summed E-state index contributed by atoms with van der Waals surface area (Å²) in [4.78, 5) is 15.6. The van der Waals surface area contributed by atoms with Crippen LogP contribution in [0.15, 0.2) is 29.4 Å². The van der Waals surface area contributed by atoms with E-state index in [0.29, 0.717) is 29.3 Å². The fraction of sp³-hybridized carbons (Fsp3) is 0.286. The van der Waals surface area contributed by atoms with Gasteiger partial charge in [0, 0.05) is 24.7 Å². The number of carbonyl (C=O) groups is 1. The minimum atomic E-state index is -1.03. The van der Waals surface area contributed by atoms with Crippen molar-refractivity contribution < 1.29 is 14.3 Å². The first-order valence-electron chi connectivity index (χ1n) is 6.15. The second-order valence-corrected chi connectivity index (χ2v) is 4.12. The third-order valence-electron chi connectivity index (χ3n) is 2.95. The molecule has 0 spiro atoms. The van der Waals surface area contributed by atoms with Crippen LogP contribution in [0.4, 0.5) is 4.39 Å². The van der Waals surface area contributed by atoms with Crippen molar-refractivity contribution in [2.45, 2.75) is 20.4 Å². The van der Waals surface area contributed by atoms with Crippen LogP contribution in [-0.2, 0) is 6.54 Å². The van der Waals surface area contributed by atoms with Crippen LogP contribution < -0.4 is 5.36 Å². The van der Waals surface area contributed by atoms with E-state index < -0.39 is 5.97 Å². The second-order valence-electron chi connectivity index (χ2n) is 4.12. The highest BCUT2D eigenvalue weighted by Gasteiger charge is 2.12. The molecule has 2 aromatic rings. The number of aromatic carboxylic acids is 1. The molecule has 1 N–H and O–H groups in total. The van der Waals surface area contributed by atoms with E-state index in [1.165, 1.54) is 18.3 Å². The summed E-state index contributed by atoms with van der Waals surface area (Å²) in [7, 11) is 0. The average molecular weight is 262 g/mol. The van der Waals surface area contributed by atoms with Gasteiger partial charge in [-0.15, -0.1) is 0 Å². The van der Waals surface area contributed by atoms with Gasteiger partial charge in [-0.05, 0) is 32.0 Å². The minimum Gasteiger partial charge on any atom is -0.478 e. The molecule has 0 saturated heterocycles. The van der Waals surface area contributed by atoms with E-state index in [-0.39, 0.29) is 11.4 Å². The number of rotatable bonds is 3. The van der Waals surface area contributed by atoms with Crippen LogP contribution in [0.2, 0.25) is 0 Å². The van der Waals surface area contributed by atoms with E-state index >= 15 is 0 Å². The summed E-state index contributed by atoms with van der Waals surface area (Å²) < 4.78 is 15.1. The molecule has 100 valence electrons. The normalized spacial score (nSPS) is 12.1. The Kier molecular flexibility index (Phi) is 3.64. The summed E-state index contributed by atoms with van der Waals surface area (Å²) >= 11 is 0. The van der Waals surface area contributed by atoms with Crippen LogP contribution in [0.1, 0.15) is 24.2 Å². The molecule has 0 saturated carbocycles. The fourth-order valence-corrected chi connectivity index (χ4v) is 2.12. The lowest BCUT2D eigenvalue weighted by Gasteiger charge is -2.11. The maximum absolute atomic E-state index is 13.4. The quantitative estimate of drug-likeness (QED) is 0.923. The molecule has 1 aromatic carbocycles. The van der Waals surface area contributed by atoms with E-state index in [4.69, 9.17) is 0 Å².